The topological polar surface area (TPSA) is 95.7 Å². The molecule has 0 aromatic heterocycles. The second-order valence-corrected chi connectivity index (χ2v) is 8.86. The van der Waals surface area contributed by atoms with Crippen molar-refractivity contribution in [2.45, 2.75) is 43.5 Å². The van der Waals surface area contributed by atoms with Crippen LogP contribution >= 0.6 is 0 Å². The number of aliphatic hydroxyl groups excluding tert-OH is 1. The summed E-state index contributed by atoms with van der Waals surface area (Å²) in [4.78, 5) is 28.2. The number of carbonyl (C=O) groups excluding carboxylic acids is 2. The highest BCUT2D eigenvalue weighted by Gasteiger charge is 2.48. The molecule has 1 saturated heterocycles. The molecule has 182 valence electrons. The number of likely N-dealkylation sites (tertiary alicyclic amines) is 1. The highest BCUT2D eigenvalue weighted by molar-refractivity contribution is 5.91. The number of hydrogen-bond acceptors (Lipinski definition) is 4. The van der Waals surface area contributed by atoms with Crippen LogP contribution in [0.5, 0.6) is 0 Å². The first-order chi connectivity index (χ1) is 16.9. The monoisotopic (exact) mass is 475 g/mol. The van der Waals surface area contributed by atoms with Gasteiger partial charge in [0.2, 0.25) is 11.8 Å². The van der Waals surface area contributed by atoms with Crippen LogP contribution in [0.2, 0.25) is 0 Å². The predicted molar refractivity (Wildman–Crippen MR) is 132 cm³/mol. The Morgan fingerprint density at radius 2 is 1.54 bits per heavy atom. The Bertz CT molecular complexity index is 1100. The van der Waals surface area contributed by atoms with Gasteiger partial charge in [-0.2, -0.15) is 0 Å². The molecule has 35 heavy (non-hydrogen) atoms. The molecular formula is C28H30FN3O3. The Balaban J connectivity index is 1.67. The van der Waals surface area contributed by atoms with E-state index in [1.807, 2.05) is 60.7 Å². The van der Waals surface area contributed by atoms with Crippen LogP contribution in [0.1, 0.15) is 42.0 Å². The fourth-order valence-electron chi connectivity index (χ4n) is 4.64. The van der Waals surface area contributed by atoms with Crippen molar-refractivity contribution in [3.63, 3.8) is 0 Å². The predicted octanol–water partition coefficient (Wildman–Crippen LogP) is 3.12. The molecule has 1 aliphatic heterocycles. The molecule has 0 radical (unpaired) electrons. The van der Waals surface area contributed by atoms with Gasteiger partial charge in [-0.1, -0.05) is 79.7 Å². The first kappa shape index (κ1) is 24.6. The van der Waals surface area contributed by atoms with Gasteiger partial charge in [-0.15, -0.1) is 0 Å². The SMILES string of the molecule is CC[C@H](N)C(=O)N1C[C@@H](c2ccc(F)cc2)[C@H](O)[C@@H]1C(=O)NC(c1ccccc1)c1ccccc1. The second kappa shape index (κ2) is 10.8. The number of nitrogens with two attached hydrogens (primary N) is 1. The standard InChI is InChI=1S/C28H30FN3O3/c1-2-23(30)28(35)32-17-22(18-13-15-21(29)16-14-18)26(33)25(32)27(34)31-24(19-9-5-3-6-10-19)20-11-7-4-8-12-20/h3-16,22-26,33H,2,17,30H2,1H3,(H,31,34)/t22-,23-,25+,26-/m0/s1. The fraction of sp³-hybridized carbons (Fsp3) is 0.286. The normalized spacial score (nSPS) is 20.6. The van der Waals surface area contributed by atoms with Crippen molar-refractivity contribution in [1.82, 2.24) is 10.2 Å². The average Bonchev–Trinajstić information content (AvgIpc) is 3.24. The van der Waals surface area contributed by atoms with E-state index in [-0.39, 0.29) is 6.54 Å². The van der Waals surface area contributed by atoms with E-state index in [9.17, 15) is 19.1 Å². The van der Waals surface area contributed by atoms with Gasteiger partial charge in [-0.25, -0.2) is 4.39 Å². The molecular weight excluding hydrogens is 445 g/mol. The maximum absolute atomic E-state index is 13.7. The van der Waals surface area contributed by atoms with Gasteiger partial charge in [-0.05, 0) is 35.2 Å². The van der Waals surface area contributed by atoms with E-state index in [0.717, 1.165) is 11.1 Å². The second-order valence-electron chi connectivity index (χ2n) is 8.86. The van der Waals surface area contributed by atoms with E-state index in [1.165, 1.54) is 17.0 Å². The van der Waals surface area contributed by atoms with Gasteiger partial charge in [0, 0.05) is 12.5 Å². The van der Waals surface area contributed by atoms with Gasteiger partial charge in [0.1, 0.15) is 11.9 Å². The molecule has 3 aromatic carbocycles. The van der Waals surface area contributed by atoms with Gasteiger partial charge in [0.05, 0.1) is 18.2 Å². The van der Waals surface area contributed by atoms with Gasteiger partial charge in [0.25, 0.3) is 0 Å². The molecule has 0 bridgehead atoms. The van der Waals surface area contributed by atoms with E-state index in [4.69, 9.17) is 5.73 Å². The molecule has 0 unspecified atom stereocenters. The van der Waals surface area contributed by atoms with Crippen molar-refractivity contribution in [2.75, 3.05) is 6.54 Å². The summed E-state index contributed by atoms with van der Waals surface area (Å²) in [5.74, 6) is -1.82. The Morgan fingerprint density at radius 3 is 2.06 bits per heavy atom. The zero-order valence-corrected chi connectivity index (χ0v) is 19.6. The Kier molecular flexibility index (Phi) is 7.58. The molecule has 6 nitrogen and oxygen atoms in total. The van der Waals surface area contributed by atoms with Crippen molar-refractivity contribution in [1.29, 1.82) is 0 Å². The molecule has 7 heteroatoms. The zero-order valence-electron chi connectivity index (χ0n) is 19.6. The third-order valence-electron chi connectivity index (χ3n) is 6.62. The Morgan fingerprint density at radius 1 is 1.00 bits per heavy atom. The third-order valence-corrected chi connectivity index (χ3v) is 6.62. The maximum atomic E-state index is 13.7. The fourth-order valence-corrected chi connectivity index (χ4v) is 4.64. The lowest BCUT2D eigenvalue weighted by Gasteiger charge is -2.29. The van der Waals surface area contributed by atoms with Crippen LogP contribution in [-0.4, -0.2) is 46.6 Å². The van der Waals surface area contributed by atoms with E-state index in [1.54, 1.807) is 19.1 Å². The largest absolute Gasteiger partial charge is 0.390 e. The average molecular weight is 476 g/mol. The zero-order chi connectivity index (χ0) is 24.9. The highest BCUT2D eigenvalue weighted by Crippen LogP contribution is 2.34. The van der Waals surface area contributed by atoms with Crippen LogP contribution in [0.15, 0.2) is 84.9 Å². The number of halogens is 1. The number of benzene rings is 3. The number of amides is 2. The summed E-state index contributed by atoms with van der Waals surface area (Å²) in [6.07, 6.45) is -0.780. The third kappa shape index (κ3) is 5.26. The number of rotatable bonds is 7. The van der Waals surface area contributed by atoms with Crippen molar-refractivity contribution < 1.29 is 19.1 Å². The van der Waals surface area contributed by atoms with E-state index in [2.05, 4.69) is 5.32 Å². The molecule has 3 aromatic rings. The number of nitrogens with one attached hydrogen (secondary N) is 1. The van der Waals surface area contributed by atoms with Crippen LogP contribution < -0.4 is 11.1 Å². The van der Waals surface area contributed by atoms with Gasteiger partial charge >= 0.3 is 0 Å². The van der Waals surface area contributed by atoms with Gasteiger partial charge < -0.3 is 21.1 Å². The molecule has 4 atom stereocenters. The summed E-state index contributed by atoms with van der Waals surface area (Å²) in [5, 5.41) is 14.3. The van der Waals surface area contributed by atoms with Crippen molar-refractivity contribution in [3.8, 4) is 0 Å². The summed E-state index contributed by atoms with van der Waals surface area (Å²) in [7, 11) is 0. The molecule has 0 saturated carbocycles. The molecule has 0 spiro atoms. The van der Waals surface area contributed by atoms with Crippen molar-refractivity contribution in [3.05, 3.63) is 107 Å². The Hall–Kier alpha value is -3.55. The number of carbonyl (C=O) groups is 2. The maximum Gasteiger partial charge on any atom is 0.246 e. The molecule has 1 fully saturated rings. The molecule has 2 amide bonds. The molecule has 4 N–H and O–H groups in total. The molecule has 1 heterocycles. The Labute approximate surface area is 204 Å². The van der Waals surface area contributed by atoms with Crippen molar-refractivity contribution in [2.24, 2.45) is 5.73 Å². The van der Waals surface area contributed by atoms with Crippen LogP contribution in [0.3, 0.4) is 0 Å². The summed E-state index contributed by atoms with van der Waals surface area (Å²) < 4.78 is 13.5. The van der Waals surface area contributed by atoms with Gasteiger partial charge in [-0.3, -0.25) is 9.59 Å². The first-order valence-electron chi connectivity index (χ1n) is 11.8. The molecule has 1 aliphatic rings. The minimum absolute atomic E-state index is 0.110. The first-order valence-corrected chi connectivity index (χ1v) is 11.8. The molecule has 4 rings (SSSR count). The summed E-state index contributed by atoms with van der Waals surface area (Å²) in [6.45, 7) is 1.90. The minimum Gasteiger partial charge on any atom is -0.390 e. The summed E-state index contributed by atoms with van der Waals surface area (Å²) in [6, 6.07) is 22.4. The van der Waals surface area contributed by atoms with E-state index < -0.39 is 47.8 Å². The van der Waals surface area contributed by atoms with Crippen LogP contribution in [-0.2, 0) is 9.59 Å². The smallest absolute Gasteiger partial charge is 0.246 e. The lowest BCUT2D eigenvalue weighted by atomic mass is 9.92. The highest BCUT2D eigenvalue weighted by atomic mass is 19.1. The van der Waals surface area contributed by atoms with Gasteiger partial charge in [0.15, 0.2) is 0 Å². The van der Waals surface area contributed by atoms with Crippen molar-refractivity contribution >= 4 is 11.8 Å². The summed E-state index contributed by atoms with van der Waals surface area (Å²) >= 11 is 0. The number of aliphatic hydroxyl groups is 1. The summed E-state index contributed by atoms with van der Waals surface area (Å²) in [5.41, 5.74) is 8.44. The van der Waals surface area contributed by atoms with E-state index in [0.29, 0.717) is 12.0 Å². The molecule has 0 aliphatic carbocycles. The van der Waals surface area contributed by atoms with Crippen LogP contribution in [0.25, 0.3) is 0 Å². The van der Waals surface area contributed by atoms with Crippen LogP contribution in [0.4, 0.5) is 4.39 Å². The lowest BCUT2D eigenvalue weighted by molar-refractivity contribution is -0.141. The lowest BCUT2D eigenvalue weighted by Crippen LogP contribution is -2.54. The van der Waals surface area contributed by atoms with E-state index >= 15 is 0 Å². The quantitative estimate of drug-likeness (QED) is 0.489. The number of nitrogens with zero attached hydrogens (tertiary/aromatic N) is 1. The minimum atomic E-state index is -1.18. The van der Waals surface area contributed by atoms with Crippen LogP contribution in [0, 0.1) is 5.82 Å². The number of hydrogen-bond donors (Lipinski definition) is 3.